The lowest BCUT2D eigenvalue weighted by atomic mass is 9.99. The molecule has 4 heteroatoms. The van der Waals surface area contributed by atoms with Gasteiger partial charge in [0.1, 0.15) is 5.54 Å². The van der Waals surface area contributed by atoms with Gasteiger partial charge in [-0.05, 0) is 20.3 Å². The lowest BCUT2D eigenvalue weighted by molar-refractivity contribution is -0.556. The fourth-order valence-corrected chi connectivity index (χ4v) is 0.746. The molecule has 1 atom stereocenters. The Morgan fingerprint density at radius 3 is 2.67 bits per heavy atom. The normalized spacial score (nSPS) is 15.5. The topological polar surface area (TPSA) is 55.2 Å². The van der Waals surface area contributed by atoms with Crippen molar-refractivity contribution in [2.75, 3.05) is 0 Å². The van der Waals surface area contributed by atoms with Crippen LogP contribution in [0.4, 0.5) is 0 Å². The Balaban J connectivity index is 4.23. The number of nitrogens with one attached hydrogen (secondary N) is 1. The van der Waals surface area contributed by atoms with E-state index in [1.807, 2.05) is 19.1 Å². The average molecular weight is 170 g/mol. The van der Waals surface area contributed by atoms with Crippen LogP contribution < -0.4 is 5.43 Å². The zero-order valence-corrected chi connectivity index (χ0v) is 7.41. The largest absolute Gasteiger partial charge is 0.235 e. The number of hydrogen-bond acceptors (Lipinski definition) is 2. The van der Waals surface area contributed by atoms with E-state index in [1.54, 1.807) is 6.92 Å². The average Bonchev–Trinajstić information content (AvgIpc) is 2.00. The van der Waals surface area contributed by atoms with E-state index < -0.39 is 10.6 Å². The second-order valence-corrected chi connectivity index (χ2v) is 2.76. The van der Waals surface area contributed by atoms with Crippen LogP contribution in [0.5, 0.6) is 0 Å². The standard InChI is InChI=1S/C8H14N2O2/c1-4-6-7-8(3,5-2)9-10(11)12/h4-6,9H,2,7H2,1,3H3/b6-4-/t8-/m0/s1. The van der Waals surface area contributed by atoms with Crippen LogP contribution in [0.3, 0.4) is 0 Å². The van der Waals surface area contributed by atoms with Gasteiger partial charge in [-0.25, -0.2) is 10.1 Å². The number of hydrazine groups is 1. The van der Waals surface area contributed by atoms with E-state index in [9.17, 15) is 10.1 Å². The van der Waals surface area contributed by atoms with Gasteiger partial charge in [-0.2, -0.15) is 0 Å². The van der Waals surface area contributed by atoms with Gasteiger partial charge in [0, 0.05) is 0 Å². The molecule has 0 unspecified atom stereocenters. The molecular weight excluding hydrogens is 156 g/mol. The van der Waals surface area contributed by atoms with E-state index in [2.05, 4.69) is 12.0 Å². The van der Waals surface area contributed by atoms with Gasteiger partial charge in [-0.15, -0.1) is 12.0 Å². The zero-order valence-electron chi connectivity index (χ0n) is 7.41. The number of hydrogen-bond donors (Lipinski definition) is 1. The second-order valence-electron chi connectivity index (χ2n) is 2.76. The Hall–Kier alpha value is -1.32. The van der Waals surface area contributed by atoms with Crippen LogP contribution in [0.25, 0.3) is 0 Å². The Morgan fingerprint density at radius 1 is 1.75 bits per heavy atom. The molecule has 4 nitrogen and oxygen atoms in total. The Bertz CT molecular complexity index is 201. The SMILES string of the molecule is C=C[C@@](C)(C/C=C\C)N[N+](=O)[O-]. The molecule has 0 amide bonds. The molecule has 0 aromatic carbocycles. The lowest BCUT2D eigenvalue weighted by Crippen LogP contribution is -2.43. The fourth-order valence-electron chi connectivity index (χ4n) is 0.746. The number of nitro groups is 1. The van der Waals surface area contributed by atoms with Crippen molar-refractivity contribution in [2.45, 2.75) is 25.8 Å². The van der Waals surface area contributed by atoms with E-state index >= 15 is 0 Å². The van der Waals surface area contributed by atoms with Gasteiger partial charge < -0.3 is 0 Å². The summed E-state index contributed by atoms with van der Waals surface area (Å²) in [6.45, 7) is 7.13. The van der Waals surface area contributed by atoms with Crippen LogP contribution in [-0.4, -0.2) is 10.6 Å². The molecule has 1 N–H and O–H groups in total. The monoisotopic (exact) mass is 170 g/mol. The molecule has 0 aromatic heterocycles. The first-order valence-corrected chi connectivity index (χ1v) is 3.71. The molecule has 0 rings (SSSR count). The van der Waals surface area contributed by atoms with Crippen LogP contribution >= 0.6 is 0 Å². The molecule has 0 radical (unpaired) electrons. The first-order chi connectivity index (χ1) is 5.54. The highest BCUT2D eigenvalue weighted by Gasteiger charge is 2.23. The van der Waals surface area contributed by atoms with Gasteiger partial charge >= 0.3 is 0 Å². The molecule has 0 aliphatic heterocycles. The minimum Gasteiger partial charge on any atom is -0.235 e. The highest BCUT2D eigenvalue weighted by molar-refractivity contribution is 5.02. The molecule has 0 saturated heterocycles. The summed E-state index contributed by atoms with van der Waals surface area (Å²) >= 11 is 0. The van der Waals surface area contributed by atoms with Gasteiger partial charge in [0.15, 0.2) is 5.03 Å². The highest BCUT2D eigenvalue weighted by atomic mass is 16.7. The first-order valence-electron chi connectivity index (χ1n) is 3.71. The van der Waals surface area contributed by atoms with Gasteiger partial charge in [0.25, 0.3) is 0 Å². The Morgan fingerprint density at radius 2 is 2.33 bits per heavy atom. The fraction of sp³-hybridized carbons (Fsp3) is 0.500. The summed E-state index contributed by atoms with van der Waals surface area (Å²) in [5.41, 5.74) is 1.54. The molecule has 0 heterocycles. The lowest BCUT2D eigenvalue weighted by Gasteiger charge is -2.19. The minimum absolute atomic E-state index is 0.550. The van der Waals surface area contributed by atoms with Crippen LogP contribution in [0.1, 0.15) is 20.3 Å². The van der Waals surface area contributed by atoms with Gasteiger partial charge in [0.05, 0.1) is 0 Å². The number of nitrogens with zero attached hydrogens (tertiary/aromatic N) is 1. The summed E-state index contributed by atoms with van der Waals surface area (Å²) in [7, 11) is 0. The van der Waals surface area contributed by atoms with Crippen molar-refractivity contribution in [3.63, 3.8) is 0 Å². The molecule has 0 spiro atoms. The van der Waals surface area contributed by atoms with Crippen molar-refractivity contribution >= 4 is 0 Å². The summed E-state index contributed by atoms with van der Waals surface area (Å²) in [4.78, 5) is 10.2. The predicted octanol–water partition coefficient (Wildman–Crippen LogP) is 1.68. The highest BCUT2D eigenvalue weighted by Crippen LogP contribution is 2.11. The Kier molecular flexibility index (Phi) is 4.04. The van der Waals surface area contributed by atoms with Crippen molar-refractivity contribution in [1.82, 2.24) is 5.43 Å². The van der Waals surface area contributed by atoms with Crippen LogP contribution in [-0.2, 0) is 0 Å². The molecule has 0 bridgehead atoms. The number of allylic oxidation sites excluding steroid dienone is 1. The van der Waals surface area contributed by atoms with Crippen LogP contribution in [0.2, 0.25) is 0 Å². The van der Waals surface area contributed by atoms with Crippen molar-refractivity contribution in [3.8, 4) is 0 Å². The van der Waals surface area contributed by atoms with Gasteiger partial charge in [-0.1, -0.05) is 18.2 Å². The van der Waals surface area contributed by atoms with Crippen LogP contribution in [0, 0.1) is 10.1 Å². The summed E-state index contributed by atoms with van der Waals surface area (Å²) < 4.78 is 0. The molecule has 0 saturated carbocycles. The van der Waals surface area contributed by atoms with Crippen molar-refractivity contribution in [2.24, 2.45) is 0 Å². The zero-order chi connectivity index (χ0) is 9.61. The number of rotatable bonds is 5. The third kappa shape index (κ3) is 3.75. The molecule has 0 aliphatic carbocycles. The van der Waals surface area contributed by atoms with Crippen molar-refractivity contribution in [3.05, 3.63) is 34.9 Å². The smallest absolute Gasteiger partial charge is 0.158 e. The molecule has 0 aromatic rings. The predicted molar refractivity (Wildman–Crippen MR) is 48.2 cm³/mol. The summed E-state index contributed by atoms with van der Waals surface area (Å²) in [5, 5.41) is 9.61. The minimum atomic E-state index is -0.657. The summed E-state index contributed by atoms with van der Waals surface area (Å²) in [6, 6.07) is 0. The van der Waals surface area contributed by atoms with E-state index in [-0.39, 0.29) is 0 Å². The summed E-state index contributed by atoms with van der Waals surface area (Å²) in [6.07, 6.45) is 5.81. The van der Waals surface area contributed by atoms with E-state index in [0.29, 0.717) is 6.42 Å². The maximum Gasteiger partial charge on any atom is 0.158 e. The van der Waals surface area contributed by atoms with Crippen molar-refractivity contribution in [1.29, 1.82) is 0 Å². The quantitative estimate of drug-likeness (QED) is 0.388. The molecule has 0 fully saturated rings. The molecular formula is C8H14N2O2. The molecule has 12 heavy (non-hydrogen) atoms. The van der Waals surface area contributed by atoms with Crippen molar-refractivity contribution < 1.29 is 5.03 Å². The van der Waals surface area contributed by atoms with Crippen LogP contribution in [0.15, 0.2) is 24.8 Å². The van der Waals surface area contributed by atoms with E-state index in [4.69, 9.17) is 0 Å². The summed E-state index contributed by atoms with van der Waals surface area (Å²) in [5.74, 6) is 0. The Labute approximate surface area is 72.1 Å². The van der Waals surface area contributed by atoms with Gasteiger partial charge in [0.2, 0.25) is 0 Å². The maximum absolute atomic E-state index is 10.2. The van der Waals surface area contributed by atoms with E-state index in [0.717, 1.165) is 0 Å². The second kappa shape index (κ2) is 4.54. The third-order valence-corrected chi connectivity index (χ3v) is 1.57. The first kappa shape index (κ1) is 10.7. The maximum atomic E-state index is 10.2. The van der Waals surface area contributed by atoms with E-state index in [1.165, 1.54) is 6.08 Å². The van der Waals surface area contributed by atoms with Gasteiger partial charge in [-0.3, -0.25) is 0 Å². The third-order valence-electron chi connectivity index (χ3n) is 1.57. The molecule has 0 aliphatic rings. The molecule has 68 valence electrons.